The molecule has 1 atom stereocenters. The molecule has 2 aromatic rings. The van der Waals surface area contributed by atoms with Crippen molar-refractivity contribution in [3.05, 3.63) is 63.1 Å². The predicted molar refractivity (Wildman–Crippen MR) is 96.8 cm³/mol. The lowest BCUT2D eigenvalue weighted by atomic mass is 9.88. The number of benzene rings is 2. The van der Waals surface area contributed by atoms with Crippen molar-refractivity contribution in [2.75, 3.05) is 11.9 Å². The summed E-state index contributed by atoms with van der Waals surface area (Å²) in [5, 5.41) is 12.8. The molecule has 0 saturated carbocycles. The molecule has 1 unspecified atom stereocenters. The minimum atomic E-state index is -0.559. The summed E-state index contributed by atoms with van der Waals surface area (Å²) in [6, 6.07) is 10.0. The van der Waals surface area contributed by atoms with Crippen molar-refractivity contribution in [1.82, 2.24) is 5.48 Å². The second-order valence-corrected chi connectivity index (χ2v) is 6.83. The zero-order valence-corrected chi connectivity index (χ0v) is 14.7. The lowest BCUT2D eigenvalue weighted by Gasteiger charge is -2.26. The Hall–Kier alpha value is -2.08. The number of amides is 1. The van der Waals surface area contributed by atoms with E-state index in [0.717, 1.165) is 11.3 Å². The number of carbonyl (C=O) groups excluding carboxylic acids is 2. The molecule has 3 rings (SSSR count). The number of anilines is 1. The maximum Gasteiger partial charge on any atom is 0.274 e. The van der Waals surface area contributed by atoms with Gasteiger partial charge >= 0.3 is 0 Å². The van der Waals surface area contributed by atoms with Crippen LogP contribution in [0, 0.1) is 5.92 Å². The van der Waals surface area contributed by atoms with E-state index < -0.39 is 5.91 Å². The Morgan fingerprint density at radius 2 is 1.88 bits per heavy atom. The monoisotopic (exact) mass is 378 g/mol. The minimum absolute atomic E-state index is 0.00178. The van der Waals surface area contributed by atoms with Gasteiger partial charge in [0.2, 0.25) is 0 Å². The van der Waals surface area contributed by atoms with Gasteiger partial charge < -0.3 is 5.32 Å². The summed E-state index contributed by atoms with van der Waals surface area (Å²) in [5.41, 5.74) is 4.42. The maximum absolute atomic E-state index is 12.5. The smallest absolute Gasteiger partial charge is 0.274 e. The van der Waals surface area contributed by atoms with Crippen LogP contribution in [-0.2, 0) is 6.42 Å². The van der Waals surface area contributed by atoms with Crippen molar-refractivity contribution in [1.29, 1.82) is 0 Å². The molecule has 0 bridgehead atoms. The summed E-state index contributed by atoms with van der Waals surface area (Å²) < 4.78 is 0. The first-order valence-corrected chi connectivity index (χ1v) is 8.53. The zero-order chi connectivity index (χ0) is 18.0. The van der Waals surface area contributed by atoms with E-state index in [9.17, 15) is 9.59 Å². The van der Waals surface area contributed by atoms with E-state index in [4.69, 9.17) is 28.4 Å². The van der Waals surface area contributed by atoms with Crippen LogP contribution in [0.3, 0.4) is 0 Å². The average Bonchev–Trinajstić information content (AvgIpc) is 2.62. The molecule has 25 heavy (non-hydrogen) atoms. The highest BCUT2D eigenvalue weighted by Crippen LogP contribution is 2.29. The number of Topliss-reactive ketones (excluding diaryl/α,β-unsaturated/α-hetero) is 1. The van der Waals surface area contributed by atoms with E-state index >= 15 is 0 Å². The van der Waals surface area contributed by atoms with E-state index in [1.54, 1.807) is 41.9 Å². The van der Waals surface area contributed by atoms with E-state index in [1.165, 1.54) is 0 Å². The molecule has 7 heteroatoms. The SMILES string of the molecule is O=C(CC1CNc2ccc(C(=O)NO)cc2C1)c1ccc(Cl)c(Cl)c1. The molecule has 1 amide bonds. The molecule has 0 saturated heterocycles. The summed E-state index contributed by atoms with van der Waals surface area (Å²) >= 11 is 11.9. The van der Waals surface area contributed by atoms with Crippen molar-refractivity contribution in [2.45, 2.75) is 12.8 Å². The number of carbonyl (C=O) groups is 2. The van der Waals surface area contributed by atoms with Gasteiger partial charge in [0, 0.05) is 29.8 Å². The van der Waals surface area contributed by atoms with Gasteiger partial charge in [-0.1, -0.05) is 23.2 Å². The van der Waals surface area contributed by atoms with Gasteiger partial charge in [0.25, 0.3) is 5.91 Å². The second kappa shape index (κ2) is 7.44. The van der Waals surface area contributed by atoms with E-state index in [0.29, 0.717) is 40.6 Å². The first kappa shape index (κ1) is 17.7. The van der Waals surface area contributed by atoms with Crippen LogP contribution >= 0.6 is 23.2 Å². The molecule has 0 fully saturated rings. The number of nitrogens with one attached hydrogen (secondary N) is 2. The Morgan fingerprint density at radius 1 is 1.12 bits per heavy atom. The van der Waals surface area contributed by atoms with Crippen LogP contribution in [0.1, 0.15) is 32.7 Å². The highest BCUT2D eigenvalue weighted by Gasteiger charge is 2.22. The molecule has 0 spiro atoms. The van der Waals surface area contributed by atoms with Crippen LogP contribution in [0.15, 0.2) is 36.4 Å². The highest BCUT2D eigenvalue weighted by molar-refractivity contribution is 6.42. The third-order valence-electron chi connectivity index (χ3n) is 4.27. The lowest BCUT2D eigenvalue weighted by molar-refractivity contribution is 0.0706. The van der Waals surface area contributed by atoms with E-state index in [-0.39, 0.29) is 11.7 Å². The molecule has 0 aromatic heterocycles. The van der Waals surface area contributed by atoms with Crippen molar-refractivity contribution < 1.29 is 14.8 Å². The number of rotatable bonds is 4. The summed E-state index contributed by atoms with van der Waals surface area (Å²) in [7, 11) is 0. The van der Waals surface area contributed by atoms with Gasteiger partial charge in [-0.15, -0.1) is 0 Å². The van der Waals surface area contributed by atoms with Crippen molar-refractivity contribution in [3.8, 4) is 0 Å². The fraction of sp³-hybridized carbons (Fsp3) is 0.222. The van der Waals surface area contributed by atoms with Crippen LogP contribution in [0.25, 0.3) is 0 Å². The van der Waals surface area contributed by atoms with Gasteiger partial charge in [0.1, 0.15) is 0 Å². The van der Waals surface area contributed by atoms with Crippen molar-refractivity contribution >= 4 is 40.6 Å². The number of ketones is 1. The van der Waals surface area contributed by atoms with E-state index in [2.05, 4.69) is 5.32 Å². The molecule has 0 radical (unpaired) electrons. The molecule has 1 heterocycles. The topological polar surface area (TPSA) is 78.4 Å². The quantitative estimate of drug-likeness (QED) is 0.427. The van der Waals surface area contributed by atoms with E-state index in [1.807, 2.05) is 0 Å². The second-order valence-electron chi connectivity index (χ2n) is 6.02. The molecular formula is C18H16Cl2N2O3. The first-order valence-electron chi connectivity index (χ1n) is 7.77. The summed E-state index contributed by atoms with van der Waals surface area (Å²) in [4.78, 5) is 24.0. The van der Waals surface area contributed by atoms with Crippen molar-refractivity contribution in [3.63, 3.8) is 0 Å². The number of hydrogen-bond acceptors (Lipinski definition) is 4. The van der Waals surface area contributed by atoms with Gasteiger partial charge in [-0.3, -0.25) is 14.8 Å². The van der Waals surface area contributed by atoms with Crippen LogP contribution in [0.4, 0.5) is 5.69 Å². The molecule has 1 aliphatic rings. The number of fused-ring (bicyclic) bond motifs is 1. The Balaban J connectivity index is 1.72. The zero-order valence-electron chi connectivity index (χ0n) is 13.2. The normalized spacial score (nSPS) is 15.9. The summed E-state index contributed by atoms with van der Waals surface area (Å²) in [6.45, 7) is 0.672. The van der Waals surface area contributed by atoms with Crippen LogP contribution in [0.5, 0.6) is 0 Å². The number of hydroxylamine groups is 1. The van der Waals surface area contributed by atoms with Gasteiger partial charge in [-0.25, -0.2) is 5.48 Å². The minimum Gasteiger partial charge on any atom is -0.385 e. The molecule has 3 N–H and O–H groups in total. The van der Waals surface area contributed by atoms with Crippen molar-refractivity contribution in [2.24, 2.45) is 5.92 Å². The van der Waals surface area contributed by atoms with Gasteiger partial charge in [-0.05, 0) is 54.3 Å². The summed E-state index contributed by atoms with van der Waals surface area (Å²) in [5.74, 6) is -0.461. The highest BCUT2D eigenvalue weighted by atomic mass is 35.5. The third kappa shape index (κ3) is 3.95. The van der Waals surface area contributed by atoms with Crippen LogP contribution in [-0.4, -0.2) is 23.4 Å². The average molecular weight is 379 g/mol. The maximum atomic E-state index is 12.5. The molecule has 5 nitrogen and oxygen atoms in total. The van der Waals surface area contributed by atoms with Crippen LogP contribution < -0.4 is 10.8 Å². The predicted octanol–water partition coefficient (Wildman–Crippen LogP) is 3.97. The van der Waals surface area contributed by atoms with Crippen LogP contribution in [0.2, 0.25) is 10.0 Å². The molecule has 1 aliphatic heterocycles. The Bertz CT molecular complexity index is 839. The first-order chi connectivity index (χ1) is 12.0. The fourth-order valence-electron chi connectivity index (χ4n) is 2.97. The fourth-order valence-corrected chi connectivity index (χ4v) is 3.27. The Morgan fingerprint density at radius 3 is 2.60 bits per heavy atom. The lowest BCUT2D eigenvalue weighted by Crippen LogP contribution is -2.26. The molecule has 2 aromatic carbocycles. The number of hydrogen-bond donors (Lipinski definition) is 3. The Labute approximate surface area is 154 Å². The molecule has 130 valence electrons. The molecular weight excluding hydrogens is 363 g/mol. The van der Waals surface area contributed by atoms with Gasteiger partial charge in [0.15, 0.2) is 5.78 Å². The third-order valence-corrected chi connectivity index (χ3v) is 5.01. The number of halogens is 2. The summed E-state index contributed by atoms with van der Waals surface area (Å²) in [6.07, 6.45) is 1.03. The molecule has 0 aliphatic carbocycles. The standard InChI is InChI=1S/C18H16Cl2N2O3/c19-14-3-1-11(8-15(14)20)17(23)6-10-5-13-7-12(18(24)22-25)2-4-16(13)21-9-10/h1-4,7-8,10,21,25H,5-6,9H2,(H,22,24). The van der Waals surface area contributed by atoms with Gasteiger partial charge in [-0.2, -0.15) is 0 Å². The van der Waals surface area contributed by atoms with Gasteiger partial charge in [0.05, 0.1) is 10.0 Å². The largest absolute Gasteiger partial charge is 0.385 e. The Kier molecular flexibility index (Phi) is 5.27.